The van der Waals surface area contributed by atoms with Gasteiger partial charge >= 0.3 is 0 Å². The number of para-hydroxylation sites is 2. The first-order valence-corrected chi connectivity index (χ1v) is 9.29. The predicted molar refractivity (Wildman–Crippen MR) is 98.0 cm³/mol. The maximum absolute atomic E-state index is 12.0. The summed E-state index contributed by atoms with van der Waals surface area (Å²) in [6.45, 7) is 0. The minimum Gasteiger partial charge on any atom is -0.284 e. The molecule has 0 unspecified atom stereocenters. The van der Waals surface area contributed by atoms with E-state index in [1.807, 2.05) is 24.3 Å². The molecule has 0 aliphatic carbocycles. The summed E-state index contributed by atoms with van der Waals surface area (Å²) in [7, 11) is -3.30. The molecule has 25 heavy (non-hydrogen) atoms. The second-order valence-electron chi connectivity index (χ2n) is 5.41. The van der Waals surface area contributed by atoms with Gasteiger partial charge in [0.15, 0.2) is 0 Å². The van der Waals surface area contributed by atoms with Crippen LogP contribution in [0.3, 0.4) is 0 Å². The zero-order valence-electron chi connectivity index (χ0n) is 13.4. The van der Waals surface area contributed by atoms with Crippen molar-refractivity contribution < 1.29 is 13.2 Å². The van der Waals surface area contributed by atoms with Crippen LogP contribution in [-0.2, 0) is 14.8 Å². The smallest absolute Gasteiger partial charge is 0.262 e. The Kier molecular flexibility index (Phi) is 4.53. The van der Waals surface area contributed by atoms with Crippen LogP contribution in [0.5, 0.6) is 0 Å². The van der Waals surface area contributed by atoms with Crippen LogP contribution < -0.4 is 10.1 Å². The first kappa shape index (κ1) is 16.7. The Hall–Kier alpha value is -3.13. The SMILES string of the molecule is CS(=O)(=O)Nc1ccc(/C=C/C(=O)Nn2cnc3ccccc32)cc1. The van der Waals surface area contributed by atoms with E-state index in [1.165, 1.54) is 6.08 Å². The molecule has 3 aromatic rings. The van der Waals surface area contributed by atoms with Crippen molar-refractivity contribution >= 4 is 38.7 Å². The number of carbonyl (C=O) groups excluding carboxylic acids is 1. The molecule has 1 heterocycles. The van der Waals surface area contributed by atoms with Crippen molar-refractivity contribution in [1.29, 1.82) is 0 Å². The van der Waals surface area contributed by atoms with E-state index in [4.69, 9.17) is 0 Å². The molecule has 0 aliphatic heterocycles. The third kappa shape index (κ3) is 4.45. The standard InChI is InChI=1S/C17H16N4O3S/c1-25(23,24)20-14-9-6-13(7-10-14)8-11-17(22)19-21-12-18-15-4-2-3-5-16(15)21/h2-12,20H,1H3,(H,19,22)/b11-8+. The maximum Gasteiger partial charge on any atom is 0.262 e. The fourth-order valence-corrected chi connectivity index (χ4v) is 2.82. The van der Waals surface area contributed by atoms with Crippen molar-refractivity contribution in [3.8, 4) is 0 Å². The number of aromatic nitrogens is 2. The van der Waals surface area contributed by atoms with E-state index in [-0.39, 0.29) is 5.91 Å². The van der Waals surface area contributed by atoms with Gasteiger partial charge in [0.1, 0.15) is 6.33 Å². The molecule has 0 fully saturated rings. The van der Waals surface area contributed by atoms with Crippen LogP contribution in [-0.4, -0.2) is 30.2 Å². The van der Waals surface area contributed by atoms with Crippen molar-refractivity contribution in [3.05, 3.63) is 66.5 Å². The lowest BCUT2D eigenvalue weighted by atomic mass is 10.2. The lowest BCUT2D eigenvalue weighted by Gasteiger charge is -2.04. The summed E-state index contributed by atoms with van der Waals surface area (Å²) in [4.78, 5) is 16.2. The van der Waals surface area contributed by atoms with Gasteiger partial charge in [-0.25, -0.2) is 18.1 Å². The fourth-order valence-electron chi connectivity index (χ4n) is 2.25. The first-order valence-electron chi connectivity index (χ1n) is 7.40. The van der Waals surface area contributed by atoms with Crippen LogP contribution in [0.15, 0.2) is 60.9 Å². The molecular weight excluding hydrogens is 340 g/mol. The topological polar surface area (TPSA) is 93.1 Å². The minimum absolute atomic E-state index is 0.304. The molecule has 8 heteroatoms. The monoisotopic (exact) mass is 356 g/mol. The van der Waals surface area contributed by atoms with E-state index in [1.54, 1.807) is 41.3 Å². The molecule has 1 aromatic heterocycles. The highest BCUT2D eigenvalue weighted by molar-refractivity contribution is 7.92. The van der Waals surface area contributed by atoms with Gasteiger partial charge in [-0.05, 0) is 35.9 Å². The average Bonchev–Trinajstić information content (AvgIpc) is 2.96. The number of imidazole rings is 1. The van der Waals surface area contributed by atoms with E-state index in [0.717, 1.165) is 22.9 Å². The van der Waals surface area contributed by atoms with E-state index >= 15 is 0 Å². The van der Waals surface area contributed by atoms with Crippen LogP contribution in [0, 0.1) is 0 Å². The normalized spacial score (nSPS) is 11.7. The number of nitrogens with one attached hydrogen (secondary N) is 2. The van der Waals surface area contributed by atoms with Crippen LogP contribution in [0.4, 0.5) is 5.69 Å². The summed E-state index contributed by atoms with van der Waals surface area (Å²) in [5.41, 5.74) is 5.55. The van der Waals surface area contributed by atoms with E-state index in [0.29, 0.717) is 5.69 Å². The highest BCUT2D eigenvalue weighted by Crippen LogP contribution is 2.12. The first-order chi connectivity index (χ1) is 11.9. The van der Waals surface area contributed by atoms with Crippen LogP contribution in [0.25, 0.3) is 17.1 Å². The van der Waals surface area contributed by atoms with Crippen LogP contribution >= 0.6 is 0 Å². The second kappa shape index (κ2) is 6.78. The predicted octanol–water partition coefficient (Wildman–Crippen LogP) is 2.19. The molecular formula is C17H16N4O3S. The number of rotatable bonds is 5. The highest BCUT2D eigenvalue weighted by atomic mass is 32.2. The number of nitrogens with zero attached hydrogens (tertiary/aromatic N) is 2. The number of sulfonamides is 1. The number of carbonyl (C=O) groups is 1. The second-order valence-corrected chi connectivity index (χ2v) is 7.16. The summed E-state index contributed by atoms with van der Waals surface area (Å²) in [6.07, 6.45) is 5.67. The lowest BCUT2D eigenvalue weighted by Crippen LogP contribution is -2.19. The molecule has 1 amide bonds. The summed E-state index contributed by atoms with van der Waals surface area (Å²) in [5, 5.41) is 0. The molecule has 0 radical (unpaired) electrons. The average molecular weight is 356 g/mol. The molecule has 3 rings (SSSR count). The van der Waals surface area contributed by atoms with Gasteiger partial charge in [-0.1, -0.05) is 24.3 Å². The lowest BCUT2D eigenvalue weighted by molar-refractivity contribution is -0.112. The Bertz CT molecular complexity index is 1040. The largest absolute Gasteiger partial charge is 0.284 e. The molecule has 2 N–H and O–H groups in total. The van der Waals surface area contributed by atoms with Gasteiger partial charge in [0.05, 0.1) is 17.3 Å². The number of fused-ring (bicyclic) bond motifs is 1. The third-order valence-corrected chi connectivity index (χ3v) is 3.93. The number of amides is 1. The summed E-state index contributed by atoms with van der Waals surface area (Å²) < 4.78 is 26.3. The van der Waals surface area contributed by atoms with Crippen molar-refractivity contribution in [3.63, 3.8) is 0 Å². The zero-order valence-corrected chi connectivity index (χ0v) is 14.2. The Morgan fingerprint density at radius 3 is 2.56 bits per heavy atom. The minimum atomic E-state index is -3.30. The third-order valence-electron chi connectivity index (χ3n) is 3.33. The molecule has 0 saturated heterocycles. The fraction of sp³-hybridized carbons (Fsp3) is 0.0588. The van der Waals surface area contributed by atoms with Gasteiger partial charge in [-0.3, -0.25) is 14.9 Å². The molecule has 0 aliphatic rings. The quantitative estimate of drug-likeness (QED) is 0.685. The van der Waals surface area contributed by atoms with Crippen molar-refractivity contribution in [2.75, 3.05) is 16.4 Å². The van der Waals surface area contributed by atoms with Gasteiger partial charge in [0.25, 0.3) is 5.91 Å². The molecule has 128 valence electrons. The molecule has 0 spiro atoms. The number of benzene rings is 2. The van der Waals surface area contributed by atoms with E-state index < -0.39 is 10.0 Å². The zero-order chi connectivity index (χ0) is 17.9. The summed E-state index contributed by atoms with van der Waals surface area (Å²) >= 11 is 0. The Morgan fingerprint density at radius 2 is 1.84 bits per heavy atom. The van der Waals surface area contributed by atoms with Gasteiger partial charge in [-0.2, -0.15) is 0 Å². The van der Waals surface area contributed by atoms with Gasteiger partial charge < -0.3 is 0 Å². The summed E-state index contributed by atoms with van der Waals surface area (Å²) in [6, 6.07) is 14.1. The Labute approximate surface area is 145 Å². The molecule has 0 atom stereocenters. The van der Waals surface area contributed by atoms with Crippen molar-refractivity contribution in [1.82, 2.24) is 9.66 Å². The number of hydrogen-bond acceptors (Lipinski definition) is 4. The molecule has 0 saturated carbocycles. The number of anilines is 1. The molecule has 2 aromatic carbocycles. The van der Waals surface area contributed by atoms with Gasteiger partial charge in [0.2, 0.25) is 10.0 Å². The van der Waals surface area contributed by atoms with Crippen molar-refractivity contribution in [2.45, 2.75) is 0 Å². The molecule has 0 bridgehead atoms. The Morgan fingerprint density at radius 1 is 1.12 bits per heavy atom. The van der Waals surface area contributed by atoms with Crippen molar-refractivity contribution in [2.24, 2.45) is 0 Å². The molecule has 7 nitrogen and oxygen atoms in total. The number of hydrogen-bond donors (Lipinski definition) is 2. The van der Waals surface area contributed by atoms with E-state index in [2.05, 4.69) is 15.1 Å². The highest BCUT2D eigenvalue weighted by Gasteiger charge is 2.04. The van der Waals surface area contributed by atoms with E-state index in [9.17, 15) is 13.2 Å². The summed E-state index contributed by atoms with van der Waals surface area (Å²) in [5.74, 6) is -0.304. The maximum atomic E-state index is 12.0. The van der Waals surface area contributed by atoms with Gasteiger partial charge in [-0.15, -0.1) is 0 Å². The van der Waals surface area contributed by atoms with Crippen LogP contribution in [0.1, 0.15) is 5.56 Å². The Balaban J connectivity index is 1.66. The van der Waals surface area contributed by atoms with Crippen LogP contribution in [0.2, 0.25) is 0 Å². The van der Waals surface area contributed by atoms with Gasteiger partial charge in [0, 0.05) is 11.8 Å².